The lowest BCUT2D eigenvalue weighted by Crippen LogP contribution is -2.29. The number of fused-ring (bicyclic) bond motifs is 4. The summed E-state index contributed by atoms with van der Waals surface area (Å²) in [6, 6.07) is 97.8. The van der Waals surface area contributed by atoms with E-state index < -0.39 is 48.3 Å². The summed E-state index contributed by atoms with van der Waals surface area (Å²) in [6.45, 7) is 11.2. The summed E-state index contributed by atoms with van der Waals surface area (Å²) >= 11 is 25.2. The van der Waals surface area contributed by atoms with Crippen molar-refractivity contribution in [1.29, 1.82) is 0 Å². The smallest absolute Gasteiger partial charge is 0.344 e. The van der Waals surface area contributed by atoms with E-state index in [1.54, 1.807) is 97.1 Å². The molecule has 0 saturated heterocycles. The number of aliphatic carboxylic acids is 4. The van der Waals surface area contributed by atoms with E-state index in [1.807, 2.05) is 246 Å². The monoisotopic (exact) mass is 2010 g/mol. The maximum atomic E-state index is 11.7. The number of benzene rings is 12. The van der Waals surface area contributed by atoms with Crippen LogP contribution < -0.4 is 56.8 Å². The van der Waals surface area contributed by atoms with Crippen LogP contribution in [0.2, 0.25) is 20.1 Å². The molecule has 4 atom stereocenters. The highest BCUT2D eigenvalue weighted by atomic mass is 35.5. The number of ether oxygens (including phenoxy) is 12. The minimum absolute atomic E-state index is 0. The van der Waals surface area contributed by atoms with Crippen LogP contribution in [-0.4, -0.2) is 88.7 Å². The van der Waals surface area contributed by atoms with Crippen molar-refractivity contribution >= 4 is 114 Å². The van der Waals surface area contributed by atoms with Crippen molar-refractivity contribution in [2.24, 2.45) is 5.92 Å². The quantitative estimate of drug-likeness (QED) is 0.0276. The number of carboxylic acid groups (broad SMARTS) is 4. The SMILES string of the molecule is C.C.C.C.CC(C)CC(Oc1c(Cl)cccc1COc1cccc(OCc2ccc3ccccc3n2)c1)C(=O)O.CC(Oc1c(Cl)cccc1COc1ccc(OCc2ccc3ccccc3n2)cc1)C(=O)O.CCCC(Oc1c(Cl)cccc1COc1ccc(OCc2ccc3ccccc3n2)cc1)C(=O)O.CCCC(Oc1c(Cl)cccc1COc1cccc(OCc2ccc3ccccc3n2)c1)C(=O)O. The summed E-state index contributed by atoms with van der Waals surface area (Å²) in [5, 5.41) is 43.3. The maximum absolute atomic E-state index is 11.7. The molecule has 4 heterocycles. The molecule has 0 aliphatic carbocycles. The molecule has 4 N–H and O–H groups in total. The van der Waals surface area contributed by atoms with E-state index in [0.717, 1.165) is 66.4 Å². The molecule has 0 aliphatic rings. The predicted octanol–water partition coefficient (Wildman–Crippen LogP) is 28.7. The molecule has 28 heteroatoms. The van der Waals surface area contributed by atoms with Crippen molar-refractivity contribution < 1.29 is 96.4 Å². The number of para-hydroxylation sites is 8. The Kier molecular flexibility index (Phi) is 44.0. The third kappa shape index (κ3) is 33.6. The first-order chi connectivity index (χ1) is 67.4. The summed E-state index contributed by atoms with van der Waals surface area (Å²) in [7, 11) is 0. The number of hydrogen-bond acceptors (Lipinski definition) is 20. The first kappa shape index (κ1) is 112. The van der Waals surface area contributed by atoms with Crippen LogP contribution in [-0.2, 0) is 72.0 Å². The number of carboxylic acids is 4. The number of halogens is 4. The van der Waals surface area contributed by atoms with E-state index in [1.165, 1.54) is 6.92 Å². The van der Waals surface area contributed by atoms with Crippen molar-refractivity contribution in [2.75, 3.05) is 0 Å². The number of nitrogens with zero attached hydrogens (tertiary/aromatic N) is 4. The first-order valence-corrected chi connectivity index (χ1v) is 46.4. The molecular weight excluding hydrogens is 1900 g/mol. The number of rotatable bonds is 42. The van der Waals surface area contributed by atoms with Crippen molar-refractivity contribution in [2.45, 2.75) is 174 Å². The van der Waals surface area contributed by atoms with Gasteiger partial charge < -0.3 is 77.3 Å². The molecule has 16 rings (SSSR count). The fraction of sp³-hybridized carbons (Fsp3) is 0.235. The zero-order chi connectivity index (χ0) is 97.9. The Balaban J connectivity index is 0.000000211. The van der Waals surface area contributed by atoms with E-state index in [4.69, 9.17) is 108 Å². The maximum Gasteiger partial charge on any atom is 0.344 e. The molecule has 0 fully saturated rings. The lowest BCUT2D eigenvalue weighted by molar-refractivity contribution is -0.146. The molecule has 0 bridgehead atoms. The third-order valence-electron chi connectivity index (χ3n) is 21.2. The zero-order valence-electron chi connectivity index (χ0n) is 76.7. The van der Waals surface area contributed by atoms with E-state index in [0.29, 0.717) is 170 Å². The van der Waals surface area contributed by atoms with Gasteiger partial charge in [-0.3, -0.25) is 0 Å². The summed E-state index contributed by atoms with van der Waals surface area (Å²) < 4.78 is 70.1. The Morgan fingerprint density at radius 1 is 0.266 bits per heavy atom. The Morgan fingerprint density at radius 3 is 0.762 bits per heavy atom. The average Bonchev–Trinajstić information content (AvgIpc) is 0.859. The minimum atomic E-state index is -1.07. The summed E-state index contributed by atoms with van der Waals surface area (Å²) in [5.74, 6) is 2.44. The summed E-state index contributed by atoms with van der Waals surface area (Å²) in [5.41, 5.74) is 9.71. The lowest BCUT2D eigenvalue weighted by Gasteiger charge is -2.20. The second-order valence-electron chi connectivity index (χ2n) is 32.2. The fourth-order valence-electron chi connectivity index (χ4n) is 14.1. The highest BCUT2D eigenvalue weighted by Gasteiger charge is 2.27. The number of aromatic nitrogens is 4. The molecule has 0 radical (unpaired) electrons. The molecule has 0 amide bonds. The largest absolute Gasteiger partial charge is 0.489 e. The van der Waals surface area contributed by atoms with Gasteiger partial charge in [0.2, 0.25) is 0 Å². The third-order valence-corrected chi connectivity index (χ3v) is 22.4. The Labute approximate surface area is 853 Å². The molecule has 0 aliphatic heterocycles. The van der Waals surface area contributed by atoms with Gasteiger partial charge in [0, 0.05) is 55.9 Å². The van der Waals surface area contributed by atoms with E-state index in [-0.39, 0.29) is 62.1 Å². The van der Waals surface area contributed by atoms with Gasteiger partial charge in [-0.1, -0.05) is 274 Å². The second-order valence-corrected chi connectivity index (χ2v) is 33.9. The summed E-state index contributed by atoms with van der Waals surface area (Å²) in [4.78, 5) is 64.4. The molecule has 16 aromatic rings. The molecule has 0 saturated carbocycles. The Morgan fingerprint density at radius 2 is 0.503 bits per heavy atom. The van der Waals surface area contributed by atoms with Crippen LogP contribution in [0.1, 0.15) is 141 Å². The Bertz CT molecular complexity index is 6820. The lowest BCUT2D eigenvalue weighted by atomic mass is 10.1. The summed E-state index contributed by atoms with van der Waals surface area (Å²) in [6.07, 6.45) is -1.48. The number of carbonyl (C=O) groups is 4. The zero-order valence-corrected chi connectivity index (χ0v) is 79.7. The van der Waals surface area contributed by atoms with Crippen LogP contribution in [0.3, 0.4) is 0 Å². The van der Waals surface area contributed by atoms with Gasteiger partial charge in [0.25, 0.3) is 0 Å². The van der Waals surface area contributed by atoms with Gasteiger partial charge in [0.15, 0.2) is 24.4 Å². The molecular formula is C115H118Cl4N4O20. The van der Waals surface area contributed by atoms with E-state index in [9.17, 15) is 34.5 Å². The molecule has 24 nitrogen and oxygen atoms in total. The van der Waals surface area contributed by atoms with Crippen LogP contribution in [0, 0.1) is 5.92 Å². The van der Waals surface area contributed by atoms with Crippen LogP contribution in [0.25, 0.3) is 43.6 Å². The van der Waals surface area contributed by atoms with Crippen molar-refractivity contribution in [3.63, 3.8) is 0 Å². The molecule has 0 spiro atoms. The highest BCUT2D eigenvalue weighted by molar-refractivity contribution is 6.33. The molecule has 746 valence electrons. The Hall–Kier alpha value is -15.1. The normalized spacial score (nSPS) is 11.4. The molecule has 143 heavy (non-hydrogen) atoms. The van der Waals surface area contributed by atoms with Gasteiger partial charge in [-0.15, -0.1) is 0 Å². The van der Waals surface area contributed by atoms with Crippen molar-refractivity contribution in [1.82, 2.24) is 19.9 Å². The van der Waals surface area contributed by atoms with Crippen molar-refractivity contribution in [3.05, 3.63) is 381 Å². The standard InChI is InChI=1S/C29H28ClNO5.2C28H26ClNO5.C26H22ClNO5.4CH4/c1-19(2)15-27(29(32)33)36-28-21(8-5-11-25(28)30)17-34-23-9-6-10-24(16-23)35-18-22-14-13-20-7-3-4-12-26(20)31-22;1-2-7-26(28(31)32)35-27-20(9-5-12-24(27)29)17-33-22-10-6-11-23(16-22)34-18-21-15-14-19-8-3-4-13-25(19)30-21;1-2-6-26(28(31)32)35-27-20(8-5-9-24(27)29)17-33-22-13-15-23(16-14-22)34-18-21-12-11-19-7-3-4-10-25(19)30-21;1-17(26(29)30)33-25-19(6-4-7-23(25)27)15-31-21-11-13-22(14-12-21)32-16-20-10-9-18-5-2-3-8-24(18)28-20;;;;/h3-14,16,19,27H,15,17-18H2,1-2H3,(H,32,33);3-6,8-16,26H,2,7,17-18H2,1H3,(H,31,32);3-5,7-16,26H,2,6,17-18H2,1H3,(H,31,32);2-14,17H,15-16H2,1H3,(H,29,30);4*1H4. The first-order valence-electron chi connectivity index (χ1n) is 44.9. The second kappa shape index (κ2) is 56.4. The highest BCUT2D eigenvalue weighted by Crippen LogP contribution is 2.38. The molecule has 4 aromatic heterocycles. The van der Waals surface area contributed by atoms with E-state index in [2.05, 4.69) is 19.9 Å². The molecule has 12 aromatic carbocycles. The van der Waals surface area contributed by atoms with Crippen LogP contribution in [0.4, 0.5) is 0 Å². The van der Waals surface area contributed by atoms with Gasteiger partial charge in [0.1, 0.15) is 122 Å². The van der Waals surface area contributed by atoms with Gasteiger partial charge >= 0.3 is 23.9 Å². The van der Waals surface area contributed by atoms with E-state index >= 15 is 0 Å². The number of pyridine rings is 4. The average molecular weight is 2020 g/mol. The van der Waals surface area contributed by atoms with Gasteiger partial charge in [-0.25, -0.2) is 39.1 Å². The van der Waals surface area contributed by atoms with Gasteiger partial charge in [-0.05, 0) is 178 Å². The topological polar surface area (TPSA) is 312 Å². The fourth-order valence-corrected chi connectivity index (χ4v) is 15.0. The van der Waals surface area contributed by atoms with Crippen molar-refractivity contribution in [3.8, 4) is 69.0 Å². The van der Waals surface area contributed by atoms with Crippen LogP contribution in [0.5, 0.6) is 69.0 Å². The minimum Gasteiger partial charge on any atom is -0.489 e. The van der Waals surface area contributed by atoms with Gasteiger partial charge in [-0.2, -0.15) is 0 Å². The molecule has 4 unspecified atom stereocenters. The number of hydrogen-bond donors (Lipinski definition) is 4. The van der Waals surface area contributed by atoms with Gasteiger partial charge in [0.05, 0.1) is 64.9 Å². The predicted molar refractivity (Wildman–Crippen MR) is 563 cm³/mol. The van der Waals surface area contributed by atoms with Crippen LogP contribution >= 0.6 is 46.4 Å². The van der Waals surface area contributed by atoms with Crippen LogP contribution in [0.15, 0.2) is 315 Å².